The van der Waals surface area contributed by atoms with Gasteiger partial charge in [0.15, 0.2) is 11.7 Å². The molecule has 1 amide bonds. The number of epoxide rings is 1. The van der Waals surface area contributed by atoms with Gasteiger partial charge in [0.1, 0.15) is 6.10 Å². The zero-order chi connectivity index (χ0) is 34.0. The first-order valence-corrected chi connectivity index (χ1v) is 16.8. The quantitative estimate of drug-likeness (QED) is 0.104. The lowest BCUT2D eigenvalue weighted by Gasteiger charge is -2.38. The van der Waals surface area contributed by atoms with E-state index in [1.807, 2.05) is 45.9 Å². The summed E-state index contributed by atoms with van der Waals surface area (Å²) in [6.45, 7) is 15.2. The van der Waals surface area contributed by atoms with E-state index in [1.165, 1.54) is 6.92 Å². The average Bonchev–Trinajstić information content (AvgIpc) is 3.78. The summed E-state index contributed by atoms with van der Waals surface area (Å²) in [6, 6.07) is 0. The first kappa shape index (κ1) is 37.7. The van der Waals surface area contributed by atoms with Crippen LogP contribution in [0.5, 0.6) is 0 Å². The van der Waals surface area contributed by atoms with Gasteiger partial charge in [-0.05, 0) is 57.1 Å². The molecule has 3 heterocycles. The highest BCUT2D eigenvalue weighted by Crippen LogP contribution is 2.36. The number of aliphatic hydroxyl groups excluding tert-OH is 2. The summed E-state index contributed by atoms with van der Waals surface area (Å²) in [4.78, 5) is 39.9. The Morgan fingerprint density at radius 2 is 1.91 bits per heavy atom. The van der Waals surface area contributed by atoms with Crippen LogP contribution in [0.4, 0.5) is 4.79 Å². The summed E-state index contributed by atoms with van der Waals surface area (Å²) < 4.78 is 23.4. The van der Waals surface area contributed by atoms with Crippen molar-refractivity contribution in [3.63, 3.8) is 0 Å². The van der Waals surface area contributed by atoms with Gasteiger partial charge in [-0.2, -0.15) is 0 Å². The molecule has 11 nitrogen and oxygen atoms in total. The van der Waals surface area contributed by atoms with Crippen LogP contribution in [0, 0.1) is 17.8 Å². The standard InChI is InChI=1S/C35H56N2O9/c1-8-28(40)25(5)33-29(44-33)20-22(2)10-9-11-23(3)32-24(4)12-13-30(43-26(6)38)35(7,15-14-27(39)21-31(41)45-32)46-34(42)37-18-16-36-17-19-37/h9-13,22,24-25,27-30,32-33,36,39-40H,8,14-21H2,1-7H3/b10-9+,13-12-,23-11+/t22-,24-,25+,27-,28+,29+,30-,32+,33+,35-/m0/s1. The number of hydrogen-bond donors (Lipinski definition) is 3. The zero-order valence-corrected chi connectivity index (χ0v) is 28.6. The van der Waals surface area contributed by atoms with E-state index in [0.717, 1.165) is 12.0 Å². The third kappa shape index (κ3) is 11.2. The Balaban J connectivity index is 1.77. The molecule has 0 saturated carbocycles. The molecule has 0 aliphatic carbocycles. The predicted octanol–water partition coefficient (Wildman–Crippen LogP) is 4.07. The van der Waals surface area contributed by atoms with Crippen molar-refractivity contribution in [2.24, 2.45) is 17.8 Å². The van der Waals surface area contributed by atoms with E-state index in [4.69, 9.17) is 18.9 Å². The molecule has 0 bridgehead atoms. The predicted molar refractivity (Wildman–Crippen MR) is 174 cm³/mol. The van der Waals surface area contributed by atoms with Crippen molar-refractivity contribution in [3.8, 4) is 0 Å². The monoisotopic (exact) mass is 648 g/mol. The molecule has 0 radical (unpaired) electrons. The highest BCUT2D eigenvalue weighted by atomic mass is 16.6. The zero-order valence-electron chi connectivity index (χ0n) is 28.6. The highest BCUT2D eigenvalue weighted by molar-refractivity contribution is 5.71. The van der Waals surface area contributed by atoms with Crippen molar-refractivity contribution in [1.29, 1.82) is 0 Å². The number of esters is 2. The molecule has 3 aliphatic heterocycles. The van der Waals surface area contributed by atoms with Gasteiger partial charge in [-0.1, -0.05) is 52.0 Å². The lowest BCUT2D eigenvalue weighted by atomic mass is 9.88. The molecular formula is C35H56N2O9. The van der Waals surface area contributed by atoms with Crippen LogP contribution in [-0.4, -0.2) is 102 Å². The van der Waals surface area contributed by atoms with Gasteiger partial charge < -0.3 is 39.4 Å². The van der Waals surface area contributed by atoms with Gasteiger partial charge in [0.2, 0.25) is 0 Å². The number of carbonyl (C=O) groups excluding carboxylic acids is 3. The lowest BCUT2D eigenvalue weighted by molar-refractivity contribution is -0.158. The Hall–Kier alpha value is -2.73. The number of rotatable bonds is 10. The summed E-state index contributed by atoms with van der Waals surface area (Å²) in [6.07, 6.45) is 7.82. The molecule has 2 saturated heterocycles. The topological polar surface area (TPSA) is 147 Å². The Morgan fingerprint density at radius 3 is 2.57 bits per heavy atom. The third-order valence-electron chi connectivity index (χ3n) is 9.31. The summed E-state index contributed by atoms with van der Waals surface area (Å²) >= 11 is 0. The van der Waals surface area contributed by atoms with Crippen LogP contribution >= 0.6 is 0 Å². The second kappa shape index (κ2) is 17.4. The van der Waals surface area contributed by atoms with Gasteiger partial charge in [0, 0.05) is 44.9 Å². The van der Waals surface area contributed by atoms with Crippen molar-refractivity contribution in [3.05, 3.63) is 36.0 Å². The first-order chi connectivity index (χ1) is 21.7. The maximum Gasteiger partial charge on any atom is 0.410 e. The molecule has 11 heteroatoms. The van der Waals surface area contributed by atoms with E-state index in [0.29, 0.717) is 32.6 Å². The van der Waals surface area contributed by atoms with Gasteiger partial charge in [0.05, 0.1) is 30.8 Å². The summed E-state index contributed by atoms with van der Waals surface area (Å²) in [5.41, 5.74) is -0.484. The van der Waals surface area contributed by atoms with E-state index >= 15 is 0 Å². The molecular weight excluding hydrogens is 592 g/mol. The second-order valence-corrected chi connectivity index (χ2v) is 13.5. The van der Waals surface area contributed by atoms with E-state index in [-0.39, 0.29) is 55.3 Å². The average molecular weight is 649 g/mol. The van der Waals surface area contributed by atoms with Gasteiger partial charge in [-0.15, -0.1) is 0 Å². The second-order valence-electron chi connectivity index (χ2n) is 13.5. The van der Waals surface area contributed by atoms with Crippen LogP contribution in [0.3, 0.4) is 0 Å². The van der Waals surface area contributed by atoms with Gasteiger partial charge >= 0.3 is 18.0 Å². The number of hydrogen-bond acceptors (Lipinski definition) is 10. The number of allylic oxidation sites excluding steroid dienone is 3. The van der Waals surface area contributed by atoms with Crippen molar-refractivity contribution >= 4 is 18.0 Å². The molecule has 3 rings (SSSR count). The van der Waals surface area contributed by atoms with E-state index in [1.54, 1.807) is 17.9 Å². The van der Waals surface area contributed by atoms with Crippen LogP contribution < -0.4 is 5.32 Å². The normalized spacial score (nSPS) is 34.0. The Bertz CT molecular complexity index is 1120. The minimum Gasteiger partial charge on any atom is -0.457 e. The van der Waals surface area contributed by atoms with Gasteiger partial charge in [-0.25, -0.2) is 4.79 Å². The molecule has 2 fully saturated rings. The van der Waals surface area contributed by atoms with Gasteiger partial charge in [0.25, 0.3) is 0 Å². The van der Waals surface area contributed by atoms with Crippen molar-refractivity contribution in [2.75, 3.05) is 26.2 Å². The van der Waals surface area contributed by atoms with Crippen LogP contribution in [0.15, 0.2) is 36.0 Å². The summed E-state index contributed by atoms with van der Waals surface area (Å²) in [5.74, 6) is -1.05. The van der Waals surface area contributed by atoms with E-state index in [2.05, 4.69) is 18.3 Å². The Morgan fingerprint density at radius 1 is 1.22 bits per heavy atom. The fourth-order valence-electron chi connectivity index (χ4n) is 6.17. The molecule has 46 heavy (non-hydrogen) atoms. The lowest BCUT2D eigenvalue weighted by Crippen LogP contribution is -2.52. The molecule has 0 aromatic heterocycles. The minimum absolute atomic E-state index is 0.0879. The van der Waals surface area contributed by atoms with Crippen LogP contribution in [0.2, 0.25) is 0 Å². The molecule has 3 aliphatic rings. The number of piperazine rings is 1. The molecule has 0 unspecified atom stereocenters. The maximum absolute atomic E-state index is 13.2. The molecule has 10 atom stereocenters. The SMILES string of the molecule is CC[C@@H](O)[C@@H](C)[C@H]1O[C@@H]1C[C@@H](C)/C=C/C=C(\C)[C@H]1OC(=O)C[C@@H](O)CC[C@](C)(OC(=O)N2CCNCC2)[C@@H](OC(C)=O)/C=C\[C@@H]1C. The smallest absolute Gasteiger partial charge is 0.410 e. The number of nitrogens with one attached hydrogen (secondary N) is 1. The summed E-state index contributed by atoms with van der Waals surface area (Å²) in [7, 11) is 0. The molecule has 3 N–H and O–H groups in total. The number of cyclic esters (lactones) is 1. The molecule has 260 valence electrons. The Labute approximate surface area is 274 Å². The number of carbonyl (C=O) groups is 3. The van der Waals surface area contributed by atoms with Crippen LogP contribution in [-0.2, 0) is 28.5 Å². The third-order valence-corrected chi connectivity index (χ3v) is 9.31. The first-order valence-electron chi connectivity index (χ1n) is 16.8. The maximum atomic E-state index is 13.2. The van der Waals surface area contributed by atoms with Crippen molar-refractivity contribution in [2.45, 2.75) is 123 Å². The highest BCUT2D eigenvalue weighted by Gasteiger charge is 2.45. The fraction of sp³-hybridized carbons (Fsp3) is 0.743. The van der Waals surface area contributed by atoms with Crippen molar-refractivity contribution < 1.29 is 43.5 Å². The number of ether oxygens (including phenoxy) is 4. The van der Waals surface area contributed by atoms with E-state index in [9.17, 15) is 24.6 Å². The van der Waals surface area contributed by atoms with E-state index < -0.39 is 41.9 Å². The fourth-order valence-corrected chi connectivity index (χ4v) is 6.17. The molecule has 0 aromatic rings. The van der Waals surface area contributed by atoms with Crippen LogP contribution in [0.1, 0.15) is 80.6 Å². The number of nitrogens with zero attached hydrogens (tertiary/aromatic N) is 1. The number of aliphatic hydroxyl groups is 2. The largest absolute Gasteiger partial charge is 0.457 e. The van der Waals surface area contributed by atoms with Crippen LogP contribution in [0.25, 0.3) is 0 Å². The van der Waals surface area contributed by atoms with Gasteiger partial charge in [-0.3, -0.25) is 9.59 Å². The molecule has 0 spiro atoms. The number of amides is 1. The minimum atomic E-state index is -1.29. The molecule has 0 aromatic carbocycles. The van der Waals surface area contributed by atoms with Crippen molar-refractivity contribution in [1.82, 2.24) is 10.2 Å². The summed E-state index contributed by atoms with van der Waals surface area (Å²) in [5, 5.41) is 24.1. The Kier molecular flexibility index (Phi) is 14.3.